The molecule has 0 unspecified atom stereocenters. The number of halogens is 1. The predicted octanol–water partition coefficient (Wildman–Crippen LogP) is 3.94. The molecule has 3 heteroatoms. The molecule has 0 fully saturated rings. The van der Waals surface area contributed by atoms with Crippen LogP contribution in [0.3, 0.4) is 0 Å². The maximum atomic E-state index is 5.92. The van der Waals surface area contributed by atoms with Crippen LogP contribution in [0.15, 0.2) is 42.5 Å². The number of hydrogen-bond donors (Lipinski definition) is 1. The van der Waals surface area contributed by atoms with E-state index in [0.717, 1.165) is 23.5 Å². The minimum absolute atomic E-state index is 0.661. The molecule has 0 saturated carbocycles. The molecule has 0 heterocycles. The van der Waals surface area contributed by atoms with Crippen LogP contribution in [-0.4, -0.2) is 6.54 Å². The van der Waals surface area contributed by atoms with Crippen LogP contribution in [0.2, 0.25) is 5.02 Å². The molecule has 0 radical (unpaired) electrons. The van der Waals surface area contributed by atoms with Gasteiger partial charge >= 0.3 is 0 Å². The Hall–Kier alpha value is -1.51. The highest BCUT2D eigenvalue weighted by molar-refractivity contribution is 6.30. The molecule has 0 aliphatic rings. The second-order valence-electron chi connectivity index (χ2n) is 4.20. The number of ether oxygens (including phenoxy) is 1. The number of nitrogens with two attached hydrogens (primary N) is 1. The van der Waals surface area contributed by atoms with Crippen LogP contribution in [-0.2, 0) is 6.42 Å². The molecule has 0 bridgehead atoms. The fourth-order valence-corrected chi connectivity index (χ4v) is 1.99. The minimum atomic E-state index is 0.661. The highest BCUT2D eigenvalue weighted by atomic mass is 35.5. The molecule has 94 valence electrons. The van der Waals surface area contributed by atoms with Crippen LogP contribution in [0.1, 0.15) is 11.1 Å². The highest BCUT2D eigenvalue weighted by Gasteiger charge is 2.03. The molecule has 2 N–H and O–H groups in total. The van der Waals surface area contributed by atoms with E-state index >= 15 is 0 Å². The van der Waals surface area contributed by atoms with Crippen LogP contribution in [0.25, 0.3) is 0 Å². The quantitative estimate of drug-likeness (QED) is 0.905. The van der Waals surface area contributed by atoms with Crippen molar-refractivity contribution < 1.29 is 4.74 Å². The summed E-state index contributed by atoms with van der Waals surface area (Å²) in [5.41, 5.74) is 7.87. The molecule has 2 aromatic rings. The second-order valence-corrected chi connectivity index (χ2v) is 4.63. The van der Waals surface area contributed by atoms with E-state index < -0.39 is 0 Å². The van der Waals surface area contributed by atoms with Crippen molar-refractivity contribution in [1.82, 2.24) is 0 Å². The van der Waals surface area contributed by atoms with Gasteiger partial charge in [-0.25, -0.2) is 0 Å². The smallest absolute Gasteiger partial charge is 0.130 e. The molecule has 18 heavy (non-hydrogen) atoms. The van der Waals surface area contributed by atoms with Gasteiger partial charge in [0.15, 0.2) is 0 Å². The van der Waals surface area contributed by atoms with Gasteiger partial charge in [0.1, 0.15) is 11.5 Å². The van der Waals surface area contributed by atoms with Gasteiger partial charge in [0.25, 0.3) is 0 Å². The number of rotatable bonds is 4. The average Bonchev–Trinajstić information content (AvgIpc) is 2.33. The van der Waals surface area contributed by atoms with Gasteiger partial charge < -0.3 is 10.5 Å². The van der Waals surface area contributed by atoms with E-state index in [1.54, 1.807) is 6.07 Å². The van der Waals surface area contributed by atoms with E-state index in [1.807, 2.05) is 37.3 Å². The first-order valence-corrected chi connectivity index (χ1v) is 6.30. The summed E-state index contributed by atoms with van der Waals surface area (Å²) in [6, 6.07) is 13.5. The third-order valence-electron chi connectivity index (χ3n) is 2.70. The van der Waals surface area contributed by atoms with Crippen LogP contribution >= 0.6 is 11.6 Å². The van der Waals surface area contributed by atoms with Crippen LogP contribution in [0.4, 0.5) is 0 Å². The number of hydrogen-bond acceptors (Lipinski definition) is 2. The first-order chi connectivity index (χ1) is 8.69. The molecular formula is C15H16ClNO. The Balaban J connectivity index is 2.19. The van der Waals surface area contributed by atoms with E-state index in [0.29, 0.717) is 11.6 Å². The van der Waals surface area contributed by atoms with Crippen molar-refractivity contribution in [3.05, 3.63) is 58.6 Å². The lowest BCUT2D eigenvalue weighted by molar-refractivity contribution is 0.478. The molecule has 2 rings (SSSR count). The Kier molecular flexibility index (Phi) is 4.24. The average molecular weight is 262 g/mol. The molecule has 0 atom stereocenters. The Labute approximate surface area is 112 Å². The summed E-state index contributed by atoms with van der Waals surface area (Å²) in [6.07, 6.45) is 0.887. The van der Waals surface area contributed by atoms with Gasteiger partial charge in [-0.15, -0.1) is 0 Å². The third kappa shape index (κ3) is 3.25. The van der Waals surface area contributed by atoms with Crippen molar-refractivity contribution in [3.63, 3.8) is 0 Å². The Morgan fingerprint density at radius 2 is 2.00 bits per heavy atom. The van der Waals surface area contributed by atoms with Crippen molar-refractivity contribution in [3.8, 4) is 11.5 Å². The van der Waals surface area contributed by atoms with Crippen LogP contribution < -0.4 is 10.5 Å². The maximum Gasteiger partial charge on any atom is 0.130 e. The van der Waals surface area contributed by atoms with E-state index in [4.69, 9.17) is 22.1 Å². The van der Waals surface area contributed by atoms with Crippen molar-refractivity contribution in [1.29, 1.82) is 0 Å². The number of benzene rings is 2. The molecular weight excluding hydrogens is 246 g/mol. The van der Waals surface area contributed by atoms with Crippen molar-refractivity contribution in [2.75, 3.05) is 6.54 Å². The van der Waals surface area contributed by atoms with Crippen LogP contribution in [0.5, 0.6) is 11.5 Å². The van der Waals surface area contributed by atoms with Crippen molar-refractivity contribution >= 4 is 11.6 Å². The van der Waals surface area contributed by atoms with Crippen molar-refractivity contribution in [2.45, 2.75) is 13.3 Å². The monoisotopic (exact) mass is 261 g/mol. The first-order valence-electron chi connectivity index (χ1n) is 5.92. The van der Waals surface area contributed by atoms with Crippen molar-refractivity contribution in [2.24, 2.45) is 5.73 Å². The summed E-state index contributed by atoms with van der Waals surface area (Å²) in [5, 5.41) is 0.671. The van der Waals surface area contributed by atoms with Gasteiger partial charge in [-0.1, -0.05) is 29.8 Å². The Morgan fingerprint density at radius 1 is 1.17 bits per heavy atom. The summed E-state index contributed by atoms with van der Waals surface area (Å²) in [4.78, 5) is 0. The lowest BCUT2D eigenvalue weighted by Gasteiger charge is -2.10. The van der Waals surface area contributed by atoms with E-state index in [9.17, 15) is 0 Å². The summed E-state index contributed by atoms with van der Waals surface area (Å²) in [6.45, 7) is 2.69. The van der Waals surface area contributed by atoms with E-state index in [1.165, 1.54) is 5.56 Å². The topological polar surface area (TPSA) is 35.2 Å². The molecule has 2 nitrogen and oxygen atoms in total. The molecule has 0 amide bonds. The lowest BCUT2D eigenvalue weighted by Crippen LogP contribution is -2.02. The van der Waals surface area contributed by atoms with E-state index in [2.05, 4.69) is 6.07 Å². The van der Waals surface area contributed by atoms with Gasteiger partial charge in [0, 0.05) is 5.02 Å². The Bertz CT molecular complexity index is 540. The molecule has 0 aliphatic carbocycles. The third-order valence-corrected chi connectivity index (χ3v) is 2.93. The predicted molar refractivity (Wildman–Crippen MR) is 75.5 cm³/mol. The maximum absolute atomic E-state index is 5.92. The molecule has 2 aromatic carbocycles. The fraction of sp³-hybridized carbons (Fsp3) is 0.200. The Morgan fingerprint density at radius 3 is 2.67 bits per heavy atom. The van der Waals surface area contributed by atoms with Gasteiger partial charge in [0.2, 0.25) is 0 Å². The van der Waals surface area contributed by atoms with Gasteiger partial charge in [0.05, 0.1) is 0 Å². The minimum Gasteiger partial charge on any atom is -0.457 e. The summed E-state index contributed by atoms with van der Waals surface area (Å²) < 4.78 is 5.81. The zero-order valence-corrected chi connectivity index (χ0v) is 11.1. The zero-order valence-electron chi connectivity index (χ0n) is 10.3. The number of aryl methyl sites for hydroxylation is 1. The molecule has 0 aromatic heterocycles. The summed E-state index contributed by atoms with van der Waals surface area (Å²) >= 11 is 5.92. The molecule has 0 aliphatic heterocycles. The zero-order chi connectivity index (χ0) is 13.0. The normalized spacial score (nSPS) is 10.4. The van der Waals surface area contributed by atoms with Gasteiger partial charge in [-0.05, 0) is 55.3 Å². The van der Waals surface area contributed by atoms with Gasteiger partial charge in [-0.3, -0.25) is 0 Å². The second kappa shape index (κ2) is 5.89. The van der Waals surface area contributed by atoms with E-state index in [-0.39, 0.29) is 0 Å². The summed E-state index contributed by atoms with van der Waals surface area (Å²) in [5.74, 6) is 1.59. The fourth-order valence-electron chi connectivity index (χ4n) is 1.81. The molecule has 0 saturated heterocycles. The van der Waals surface area contributed by atoms with Crippen LogP contribution in [0, 0.1) is 6.92 Å². The summed E-state index contributed by atoms with van der Waals surface area (Å²) in [7, 11) is 0. The standard InChI is InChI=1S/C15H16ClNO/c1-11-9-12(7-8-17)5-6-15(11)18-14-4-2-3-13(16)10-14/h2-6,9-10H,7-8,17H2,1H3. The van der Waals surface area contributed by atoms with Gasteiger partial charge in [-0.2, -0.15) is 0 Å². The first kappa shape index (κ1) is 12.9. The molecule has 0 spiro atoms. The SMILES string of the molecule is Cc1cc(CCN)ccc1Oc1cccc(Cl)c1. The lowest BCUT2D eigenvalue weighted by atomic mass is 10.1. The largest absolute Gasteiger partial charge is 0.457 e. The highest BCUT2D eigenvalue weighted by Crippen LogP contribution is 2.27.